The van der Waals surface area contributed by atoms with E-state index in [2.05, 4.69) is 15.7 Å². The number of nitrogens with zero attached hydrogens (tertiary/aromatic N) is 2. The predicted octanol–water partition coefficient (Wildman–Crippen LogP) is 1.32. The number of rotatable bonds is 3. The van der Waals surface area contributed by atoms with Gasteiger partial charge in [0.15, 0.2) is 0 Å². The second kappa shape index (κ2) is 6.05. The van der Waals surface area contributed by atoms with Crippen LogP contribution in [0.1, 0.15) is 30.6 Å². The molecule has 0 spiro atoms. The highest BCUT2D eigenvalue weighted by Gasteiger charge is 2.42. The molecule has 2 heterocycles. The van der Waals surface area contributed by atoms with Gasteiger partial charge in [-0.25, -0.2) is 8.78 Å². The Kier molecular flexibility index (Phi) is 5.10. The van der Waals surface area contributed by atoms with Gasteiger partial charge in [-0.05, 0) is 13.8 Å². The maximum absolute atomic E-state index is 13.0. The van der Waals surface area contributed by atoms with Gasteiger partial charge in [-0.3, -0.25) is 14.8 Å². The van der Waals surface area contributed by atoms with Gasteiger partial charge in [-0.15, -0.1) is 12.4 Å². The number of nitrogens with one attached hydrogen (secondary N) is 2. The SMILES string of the molecule is Cc1c(C(C)NC(=O)C2CC(F)(F)CN2)cnn1C.Cl. The number of carbonyl (C=O) groups excluding carboxylic acids is 1. The van der Waals surface area contributed by atoms with Crippen molar-refractivity contribution in [1.29, 1.82) is 0 Å². The highest BCUT2D eigenvalue weighted by molar-refractivity contribution is 5.85. The highest BCUT2D eigenvalue weighted by atomic mass is 35.5. The standard InChI is InChI=1S/C12H18F2N4O.ClH/c1-7(9-5-16-18(3)8(9)2)17-11(19)10-4-12(13,14)6-15-10;/h5,7,10,15H,4,6H2,1-3H3,(H,17,19);1H. The second-order valence-corrected chi connectivity index (χ2v) is 5.03. The Morgan fingerprint density at radius 3 is 2.75 bits per heavy atom. The summed E-state index contributed by atoms with van der Waals surface area (Å²) in [6.45, 7) is 3.27. The number of alkyl halides is 2. The third-order valence-electron chi connectivity index (χ3n) is 3.52. The molecule has 0 aliphatic carbocycles. The Morgan fingerprint density at radius 2 is 2.30 bits per heavy atom. The fourth-order valence-electron chi connectivity index (χ4n) is 2.23. The lowest BCUT2D eigenvalue weighted by atomic mass is 10.1. The summed E-state index contributed by atoms with van der Waals surface area (Å²) in [7, 11) is 1.81. The average molecular weight is 309 g/mol. The highest BCUT2D eigenvalue weighted by Crippen LogP contribution is 2.25. The number of aryl methyl sites for hydroxylation is 1. The maximum Gasteiger partial charge on any atom is 0.262 e. The molecule has 2 N–H and O–H groups in total. The molecule has 0 radical (unpaired) electrons. The average Bonchev–Trinajstić information content (AvgIpc) is 2.83. The molecule has 1 amide bonds. The molecule has 2 atom stereocenters. The van der Waals surface area contributed by atoms with Crippen LogP contribution in [-0.2, 0) is 11.8 Å². The van der Waals surface area contributed by atoms with Gasteiger partial charge >= 0.3 is 0 Å². The minimum absolute atomic E-state index is 0. The Hall–Kier alpha value is -1.21. The third kappa shape index (κ3) is 3.46. The van der Waals surface area contributed by atoms with E-state index >= 15 is 0 Å². The first-order valence-electron chi connectivity index (χ1n) is 6.20. The topological polar surface area (TPSA) is 59.0 Å². The zero-order chi connectivity index (χ0) is 14.2. The molecule has 114 valence electrons. The molecule has 1 aliphatic heterocycles. The van der Waals surface area contributed by atoms with Crippen LogP contribution in [0.5, 0.6) is 0 Å². The molecule has 1 saturated heterocycles. The van der Waals surface area contributed by atoms with Crippen LogP contribution in [0.15, 0.2) is 6.20 Å². The van der Waals surface area contributed by atoms with Crippen molar-refractivity contribution < 1.29 is 13.6 Å². The number of hydrogen-bond donors (Lipinski definition) is 2. The van der Waals surface area contributed by atoms with Crippen molar-refractivity contribution in [3.8, 4) is 0 Å². The molecule has 2 rings (SSSR count). The van der Waals surface area contributed by atoms with Crippen LogP contribution >= 0.6 is 12.4 Å². The first kappa shape index (κ1) is 16.8. The monoisotopic (exact) mass is 308 g/mol. The summed E-state index contributed by atoms with van der Waals surface area (Å²) < 4.78 is 27.8. The number of carbonyl (C=O) groups is 1. The fourth-order valence-corrected chi connectivity index (χ4v) is 2.23. The van der Waals surface area contributed by atoms with E-state index in [0.29, 0.717) is 0 Å². The molecular weight excluding hydrogens is 290 g/mol. The second-order valence-electron chi connectivity index (χ2n) is 5.03. The quantitative estimate of drug-likeness (QED) is 0.885. The largest absolute Gasteiger partial charge is 0.348 e. The number of amides is 1. The fraction of sp³-hybridized carbons (Fsp3) is 0.667. The first-order chi connectivity index (χ1) is 8.80. The van der Waals surface area contributed by atoms with Crippen LogP contribution in [0.25, 0.3) is 0 Å². The number of aromatic nitrogens is 2. The van der Waals surface area contributed by atoms with Crippen molar-refractivity contribution in [3.05, 3.63) is 17.5 Å². The minimum Gasteiger partial charge on any atom is -0.348 e. The molecule has 20 heavy (non-hydrogen) atoms. The van der Waals surface area contributed by atoms with Crippen molar-refractivity contribution in [1.82, 2.24) is 20.4 Å². The Balaban J connectivity index is 0.00000200. The van der Waals surface area contributed by atoms with Crippen LogP contribution in [-0.4, -0.2) is 34.2 Å². The number of hydrogen-bond acceptors (Lipinski definition) is 3. The van der Waals surface area contributed by atoms with E-state index in [1.54, 1.807) is 10.9 Å². The Labute approximate surface area is 122 Å². The van der Waals surface area contributed by atoms with E-state index < -0.39 is 30.8 Å². The zero-order valence-corrected chi connectivity index (χ0v) is 12.4. The van der Waals surface area contributed by atoms with Crippen LogP contribution in [0, 0.1) is 6.92 Å². The van der Waals surface area contributed by atoms with Gasteiger partial charge in [0.1, 0.15) is 0 Å². The van der Waals surface area contributed by atoms with Gasteiger partial charge in [-0.1, -0.05) is 0 Å². The maximum atomic E-state index is 13.0. The molecule has 0 saturated carbocycles. The summed E-state index contributed by atoms with van der Waals surface area (Å²) in [5, 5.41) is 9.38. The normalized spacial score (nSPS) is 22.1. The van der Waals surface area contributed by atoms with Gasteiger partial charge in [-0.2, -0.15) is 5.10 Å². The van der Waals surface area contributed by atoms with Crippen molar-refractivity contribution in [3.63, 3.8) is 0 Å². The summed E-state index contributed by atoms with van der Waals surface area (Å²) in [5.41, 5.74) is 1.83. The molecule has 0 bridgehead atoms. The molecule has 1 aromatic heterocycles. The van der Waals surface area contributed by atoms with Crippen molar-refractivity contribution in [2.75, 3.05) is 6.54 Å². The van der Waals surface area contributed by atoms with Crippen molar-refractivity contribution >= 4 is 18.3 Å². The summed E-state index contributed by atoms with van der Waals surface area (Å²) in [4.78, 5) is 11.9. The molecule has 1 aromatic rings. The van der Waals surface area contributed by atoms with Crippen LogP contribution in [0.3, 0.4) is 0 Å². The lowest BCUT2D eigenvalue weighted by Crippen LogP contribution is -2.41. The van der Waals surface area contributed by atoms with Gasteiger partial charge in [0.25, 0.3) is 5.92 Å². The van der Waals surface area contributed by atoms with E-state index in [0.717, 1.165) is 11.3 Å². The lowest BCUT2D eigenvalue weighted by Gasteiger charge is -2.17. The van der Waals surface area contributed by atoms with E-state index in [4.69, 9.17) is 0 Å². The number of halogens is 3. The molecule has 1 aliphatic rings. The van der Waals surface area contributed by atoms with E-state index in [9.17, 15) is 13.6 Å². The predicted molar refractivity (Wildman–Crippen MR) is 73.1 cm³/mol. The zero-order valence-electron chi connectivity index (χ0n) is 11.6. The molecule has 5 nitrogen and oxygen atoms in total. The third-order valence-corrected chi connectivity index (χ3v) is 3.52. The Bertz CT molecular complexity index is 492. The van der Waals surface area contributed by atoms with Crippen molar-refractivity contribution in [2.24, 2.45) is 7.05 Å². The Morgan fingerprint density at radius 1 is 1.65 bits per heavy atom. The molecular formula is C12H19ClF2N4O. The summed E-state index contributed by atoms with van der Waals surface area (Å²) in [6, 6.07) is -1.08. The van der Waals surface area contributed by atoms with Crippen LogP contribution in [0.2, 0.25) is 0 Å². The van der Waals surface area contributed by atoms with E-state index in [-0.39, 0.29) is 18.4 Å². The van der Waals surface area contributed by atoms with E-state index in [1.165, 1.54) is 0 Å². The van der Waals surface area contributed by atoms with Crippen LogP contribution in [0.4, 0.5) is 8.78 Å². The van der Waals surface area contributed by atoms with Crippen molar-refractivity contribution in [2.45, 2.75) is 38.3 Å². The van der Waals surface area contributed by atoms with Gasteiger partial charge < -0.3 is 5.32 Å². The minimum atomic E-state index is -2.80. The summed E-state index contributed by atoms with van der Waals surface area (Å²) in [5.74, 6) is -3.19. The smallest absolute Gasteiger partial charge is 0.262 e. The first-order valence-corrected chi connectivity index (χ1v) is 6.20. The molecule has 1 fully saturated rings. The lowest BCUT2D eigenvalue weighted by molar-refractivity contribution is -0.124. The van der Waals surface area contributed by atoms with Gasteiger partial charge in [0.2, 0.25) is 5.91 Å². The van der Waals surface area contributed by atoms with Crippen LogP contribution < -0.4 is 10.6 Å². The molecule has 0 aromatic carbocycles. The van der Waals surface area contributed by atoms with E-state index in [1.807, 2.05) is 20.9 Å². The molecule has 8 heteroatoms. The summed E-state index contributed by atoms with van der Waals surface area (Å²) >= 11 is 0. The summed E-state index contributed by atoms with van der Waals surface area (Å²) in [6.07, 6.45) is 1.23. The van der Waals surface area contributed by atoms with Gasteiger partial charge in [0.05, 0.1) is 24.8 Å². The van der Waals surface area contributed by atoms with Gasteiger partial charge in [0, 0.05) is 24.7 Å². The molecule has 2 unspecified atom stereocenters.